The van der Waals surface area contributed by atoms with E-state index in [9.17, 15) is 4.79 Å². The van der Waals surface area contributed by atoms with Crippen molar-refractivity contribution in [2.24, 2.45) is 0 Å². The fourth-order valence-corrected chi connectivity index (χ4v) is 2.18. The maximum Gasteiger partial charge on any atom is 0.315 e. The maximum absolute atomic E-state index is 11.9. The number of nitrogens with one attached hydrogen (secondary N) is 2. The summed E-state index contributed by atoms with van der Waals surface area (Å²) in [5.74, 6) is 0. The van der Waals surface area contributed by atoms with Crippen LogP contribution < -0.4 is 10.6 Å². The van der Waals surface area contributed by atoms with E-state index in [1.54, 1.807) is 18.6 Å². The van der Waals surface area contributed by atoms with Crippen molar-refractivity contribution in [2.45, 2.75) is 33.4 Å². The Kier molecular flexibility index (Phi) is 4.87. The first-order chi connectivity index (χ1) is 10.0. The van der Waals surface area contributed by atoms with Crippen LogP contribution in [0.15, 0.2) is 36.8 Å². The molecule has 1 atom stereocenters. The standard InChI is InChI=1S/C16H20N4O/c1-11-6-12(2)8-14(7-11)13(3)20-16(21)19-10-15-9-17-4-5-18-15/h4-9,13H,10H2,1-3H3,(H2,19,20,21). The van der Waals surface area contributed by atoms with E-state index >= 15 is 0 Å². The van der Waals surface area contributed by atoms with Gasteiger partial charge in [-0.15, -0.1) is 0 Å². The Morgan fingerprint density at radius 2 is 1.90 bits per heavy atom. The summed E-state index contributed by atoms with van der Waals surface area (Å²) in [6.45, 7) is 6.43. The zero-order valence-electron chi connectivity index (χ0n) is 12.6. The molecule has 0 fully saturated rings. The van der Waals surface area contributed by atoms with Gasteiger partial charge >= 0.3 is 6.03 Å². The van der Waals surface area contributed by atoms with Gasteiger partial charge in [0.2, 0.25) is 0 Å². The summed E-state index contributed by atoms with van der Waals surface area (Å²) in [7, 11) is 0. The molecule has 1 aromatic carbocycles. The van der Waals surface area contributed by atoms with Crippen molar-refractivity contribution < 1.29 is 4.79 Å². The van der Waals surface area contributed by atoms with E-state index < -0.39 is 0 Å². The SMILES string of the molecule is Cc1cc(C)cc(C(C)NC(=O)NCc2cnccn2)c1. The van der Waals surface area contributed by atoms with Gasteiger partial charge in [0.05, 0.1) is 24.5 Å². The lowest BCUT2D eigenvalue weighted by atomic mass is 10.0. The molecular formula is C16H20N4O. The van der Waals surface area contributed by atoms with Crippen LogP contribution >= 0.6 is 0 Å². The van der Waals surface area contributed by atoms with Gasteiger partial charge in [-0.05, 0) is 26.3 Å². The molecule has 0 saturated carbocycles. The van der Waals surface area contributed by atoms with Crippen molar-refractivity contribution in [2.75, 3.05) is 0 Å². The van der Waals surface area contributed by atoms with E-state index in [4.69, 9.17) is 0 Å². The highest BCUT2D eigenvalue weighted by Gasteiger charge is 2.10. The monoisotopic (exact) mass is 284 g/mol. The average molecular weight is 284 g/mol. The molecule has 0 bridgehead atoms. The molecule has 0 aliphatic heterocycles. The molecule has 2 aromatic rings. The van der Waals surface area contributed by atoms with E-state index in [1.165, 1.54) is 11.1 Å². The number of benzene rings is 1. The smallest absolute Gasteiger partial charge is 0.315 e. The van der Waals surface area contributed by atoms with Crippen LogP contribution in [-0.4, -0.2) is 16.0 Å². The molecule has 21 heavy (non-hydrogen) atoms. The van der Waals surface area contributed by atoms with Crippen LogP contribution in [0.4, 0.5) is 4.79 Å². The summed E-state index contributed by atoms with van der Waals surface area (Å²) >= 11 is 0. The lowest BCUT2D eigenvalue weighted by Crippen LogP contribution is -2.36. The maximum atomic E-state index is 11.9. The van der Waals surface area contributed by atoms with E-state index in [0.717, 1.165) is 11.3 Å². The molecule has 0 radical (unpaired) electrons. The molecule has 0 spiro atoms. The van der Waals surface area contributed by atoms with Gasteiger partial charge in [0.25, 0.3) is 0 Å². The van der Waals surface area contributed by atoms with Crippen molar-refractivity contribution in [3.05, 3.63) is 59.2 Å². The number of hydrogen-bond acceptors (Lipinski definition) is 3. The van der Waals surface area contributed by atoms with Crippen LogP contribution in [0.25, 0.3) is 0 Å². The zero-order chi connectivity index (χ0) is 15.2. The highest BCUT2D eigenvalue weighted by molar-refractivity contribution is 5.74. The number of aromatic nitrogens is 2. The van der Waals surface area contributed by atoms with Gasteiger partial charge < -0.3 is 10.6 Å². The molecule has 1 heterocycles. The Morgan fingerprint density at radius 3 is 2.52 bits per heavy atom. The van der Waals surface area contributed by atoms with Gasteiger partial charge in [-0.2, -0.15) is 0 Å². The molecule has 0 aliphatic carbocycles. The van der Waals surface area contributed by atoms with Crippen molar-refractivity contribution in [1.82, 2.24) is 20.6 Å². The third kappa shape index (κ3) is 4.56. The molecule has 2 N–H and O–H groups in total. The Bertz CT molecular complexity index is 593. The lowest BCUT2D eigenvalue weighted by Gasteiger charge is -2.16. The minimum absolute atomic E-state index is 0.0505. The predicted molar refractivity (Wildman–Crippen MR) is 81.7 cm³/mol. The van der Waals surface area contributed by atoms with Gasteiger partial charge in [-0.3, -0.25) is 9.97 Å². The van der Waals surface area contributed by atoms with E-state index in [-0.39, 0.29) is 12.1 Å². The van der Waals surface area contributed by atoms with Crippen molar-refractivity contribution >= 4 is 6.03 Å². The number of nitrogens with zero attached hydrogens (tertiary/aromatic N) is 2. The molecular weight excluding hydrogens is 264 g/mol. The lowest BCUT2D eigenvalue weighted by molar-refractivity contribution is 0.237. The second-order valence-electron chi connectivity index (χ2n) is 5.17. The summed E-state index contributed by atoms with van der Waals surface area (Å²) in [4.78, 5) is 20.0. The number of urea groups is 1. The molecule has 1 unspecified atom stereocenters. The molecule has 2 amide bonds. The van der Waals surface area contributed by atoms with Crippen LogP contribution in [0.5, 0.6) is 0 Å². The topological polar surface area (TPSA) is 66.9 Å². The molecule has 2 rings (SSSR count). The number of amides is 2. The molecule has 110 valence electrons. The van der Waals surface area contributed by atoms with Gasteiger partial charge in [0, 0.05) is 12.4 Å². The molecule has 5 heteroatoms. The Balaban J connectivity index is 1.90. The largest absolute Gasteiger partial charge is 0.332 e. The quantitative estimate of drug-likeness (QED) is 0.907. The van der Waals surface area contributed by atoms with Crippen molar-refractivity contribution in [1.29, 1.82) is 0 Å². The Hall–Kier alpha value is -2.43. The van der Waals surface area contributed by atoms with Gasteiger partial charge in [0.1, 0.15) is 0 Å². The third-order valence-corrected chi connectivity index (χ3v) is 3.14. The van der Waals surface area contributed by atoms with Crippen LogP contribution in [-0.2, 0) is 6.54 Å². The van der Waals surface area contributed by atoms with Crippen LogP contribution in [0.3, 0.4) is 0 Å². The highest BCUT2D eigenvalue weighted by atomic mass is 16.2. The Labute approximate surface area is 124 Å². The zero-order valence-corrected chi connectivity index (χ0v) is 12.6. The highest BCUT2D eigenvalue weighted by Crippen LogP contribution is 2.16. The predicted octanol–water partition coefficient (Wildman–Crippen LogP) is 2.65. The first-order valence-electron chi connectivity index (χ1n) is 6.92. The minimum Gasteiger partial charge on any atom is -0.332 e. The van der Waals surface area contributed by atoms with Crippen LogP contribution in [0, 0.1) is 13.8 Å². The number of rotatable bonds is 4. The normalized spacial score (nSPS) is 11.8. The summed E-state index contributed by atoms with van der Waals surface area (Å²) in [5, 5.41) is 5.70. The fourth-order valence-electron chi connectivity index (χ4n) is 2.18. The van der Waals surface area contributed by atoms with Gasteiger partial charge in [-0.25, -0.2) is 4.79 Å². The number of carbonyl (C=O) groups is 1. The summed E-state index contributed by atoms with van der Waals surface area (Å²) in [5.41, 5.74) is 4.21. The van der Waals surface area contributed by atoms with Crippen molar-refractivity contribution in [3.8, 4) is 0 Å². The molecule has 0 aliphatic rings. The Morgan fingerprint density at radius 1 is 1.19 bits per heavy atom. The number of carbonyl (C=O) groups excluding carboxylic acids is 1. The third-order valence-electron chi connectivity index (χ3n) is 3.14. The van der Waals surface area contributed by atoms with Crippen LogP contribution in [0.2, 0.25) is 0 Å². The summed E-state index contributed by atoms with van der Waals surface area (Å²) in [6.07, 6.45) is 4.84. The summed E-state index contributed by atoms with van der Waals surface area (Å²) in [6, 6.07) is 6.02. The second-order valence-corrected chi connectivity index (χ2v) is 5.17. The second kappa shape index (κ2) is 6.83. The van der Waals surface area contributed by atoms with Gasteiger partial charge in [0.15, 0.2) is 0 Å². The fraction of sp³-hybridized carbons (Fsp3) is 0.312. The molecule has 0 saturated heterocycles. The number of hydrogen-bond donors (Lipinski definition) is 2. The van der Waals surface area contributed by atoms with Crippen LogP contribution in [0.1, 0.15) is 35.3 Å². The van der Waals surface area contributed by atoms with Gasteiger partial charge in [-0.1, -0.05) is 29.3 Å². The minimum atomic E-state index is -0.215. The molecule has 1 aromatic heterocycles. The molecule has 5 nitrogen and oxygen atoms in total. The van der Waals surface area contributed by atoms with E-state index in [1.807, 2.05) is 6.92 Å². The summed E-state index contributed by atoms with van der Waals surface area (Å²) < 4.78 is 0. The van der Waals surface area contributed by atoms with E-state index in [0.29, 0.717) is 6.54 Å². The first-order valence-corrected chi connectivity index (χ1v) is 6.92. The van der Waals surface area contributed by atoms with Crippen molar-refractivity contribution in [3.63, 3.8) is 0 Å². The van der Waals surface area contributed by atoms with E-state index in [2.05, 4.69) is 52.6 Å². The average Bonchev–Trinajstić information content (AvgIpc) is 2.45. The number of aryl methyl sites for hydroxylation is 2. The first kappa shape index (κ1) is 15.0.